The van der Waals surface area contributed by atoms with E-state index in [-0.39, 0.29) is 5.15 Å². The predicted octanol–water partition coefficient (Wildman–Crippen LogP) is 3.86. The van der Waals surface area contributed by atoms with Crippen LogP contribution in [0.15, 0.2) is 26.2 Å². The van der Waals surface area contributed by atoms with Crippen LogP contribution in [0.2, 0.25) is 10.2 Å². The Morgan fingerprint density at radius 2 is 1.95 bits per heavy atom. The third-order valence-electron chi connectivity index (χ3n) is 3.11. The Morgan fingerprint density at radius 3 is 2.57 bits per heavy atom. The number of aryl methyl sites for hydroxylation is 1. The van der Waals surface area contributed by atoms with Gasteiger partial charge in [0.2, 0.25) is 0 Å². The van der Waals surface area contributed by atoms with Gasteiger partial charge in [0.25, 0.3) is 5.56 Å². The van der Waals surface area contributed by atoms with Gasteiger partial charge < -0.3 is 0 Å². The Bertz CT molecular complexity index is 812. The predicted molar refractivity (Wildman–Crippen MR) is 89.1 cm³/mol. The summed E-state index contributed by atoms with van der Waals surface area (Å²) < 4.78 is 1.66. The Labute approximate surface area is 139 Å². The summed E-state index contributed by atoms with van der Waals surface area (Å²) in [7, 11) is 0. The minimum atomic E-state index is -0.592. The monoisotopic (exact) mass is 390 g/mol. The standard InChI is InChI=1S/C14H13BrCl2N2O2/c1-3-4-8-12(17)18-14(21)19(13(8)20)11-6-10(16)7(2)5-9(11)15/h5-6H,3-4H2,1-2H3,(H,18,21). The molecule has 0 fully saturated rings. The van der Waals surface area contributed by atoms with Crippen LogP contribution in [0, 0.1) is 6.92 Å². The summed E-state index contributed by atoms with van der Waals surface area (Å²) in [6.07, 6.45) is 1.24. The second-order valence-corrected chi connectivity index (χ2v) is 6.31. The van der Waals surface area contributed by atoms with Crippen molar-refractivity contribution in [2.24, 2.45) is 0 Å². The number of benzene rings is 1. The van der Waals surface area contributed by atoms with E-state index in [9.17, 15) is 9.59 Å². The van der Waals surface area contributed by atoms with E-state index >= 15 is 0 Å². The van der Waals surface area contributed by atoms with E-state index in [0.29, 0.717) is 27.2 Å². The highest BCUT2D eigenvalue weighted by Gasteiger charge is 2.16. The fourth-order valence-electron chi connectivity index (χ4n) is 2.04. The van der Waals surface area contributed by atoms with Crippen molar-refractivity contribution in [1.29, 1.82) is 0 Å². The number of hydrogen-bond donors (Lipinski definition) is 1. The summed E-state index contributed by atoms with van der Waals surface area (Å²) in [4.78, 5) is 27.2. The van der Waals surface area contributed by atoms with Gasteiger partial charge in [0.15, 0.2) is 0 Å². The van der Waals surface area contributed by atoms with Gasteiger partial charge in [-0.2, -0.15) is 0 Å². The molecule has 7 heteroatoms. The molecule has 0 bridgehead atoms. The molecule has 0 aliphatic carbocycles. The van der Waals surface area contributed by atoms with E-state index < -0.39 is 11.2 Å². The van der Waals surface area contributed by atoms with Crippen molar-refractivity contribution < 1.29 is 0 Å². The number of nitrogens with zero attached hydrogens (tertiary/aromatic N) is 1. The Morgan fingerprint density at radius 1 is 1.29 bits per heavy atom. The van der Waals surface area contributed by atoms with Gasteiger partial charge in [-0.05, 0) is 47.0 Å². The minimum Gasteiger partial charge on any atom is -0.297 e. The summed E-state index contributed by atoms with van der Waals surface area (Å²) in [5.74, 6) is 0. The normalized spacial score (nSPS) is 10.9. The van der Waals surface area contributed by atoms with Gasteiger partial charge in [-0.1, -0.05) is 36.5 Å². The van der Waals surface area contributed by atoms with E-state index in [1.165, 1.54) is 0 Å². The van der Waals surface area contributed by atoms with Crippen molar-refractivity contribution in [3.8, 4) is 5.69 Å². The lowest BCUT2D eigenvalue weighted by molar-refractivity contribution is 0.809. The van der Waals surface area contributed by atoms with Crippen molar-refractivity contribution in [2.75, 3.05) is 0 Å². The number of nitrogens with one attached hydrogen (secondary N) is 1. The summed E-state index contributed by atoms with van der Waals surface area (Å²) >= 11 is 15.4. The van der Waals surface area contributed by atoms with Gasteiger partial charge in [-0.3, -0.25) is 9.78 Å². The van der Waals surface area contributed by atoms with Gasteiger partial charge in [0.1, 0.15) is 5.15 Å². The van der Waals surface area contributed by atoms with Crippen LogP contribution < -0.4 is 11.2 Å². The third kappa shape index (κ3) is 3.10. The molecule has 4 nitrogen and oxygen atoms in total. The second-order valence-electron chi connectivity index (χ2n) is 4.67. The number of H-pyrrole nitrogens is 1. The van der Waals surface area contributed by atoms with Crippen molar-refractivity contribution >= 4 is 39.1 Å². The summed E-state index contributed by atoms with van der Waals surface area (Å²) in [5, 5.41) is 0.573. The lowest BCUT2D eigenvalue weighted by Gasteiger charge is -2.11. The van der Waals surface area contributed by atoms with Crippen LogP contribution in [0.4, 0.5) is 0 Å². The number of halogens is 3. The molecule has 1 aromatic heterocycles. The molecule has 0 aliphatic rings. The fraction of sp³-hybridized carbons (Fsp3) is 0.286. The molecule has 0 atom stereocenters. The van der Waals surface area contributed by atoms with Crippen molar-refractivity contribution in [2.45, 2.75) is 26.7 Å². The van der Waals surface area contributed by atoms with E-state index in [1.807, 2.05) is 13.8 Å². The molecule has 1 N–H and O–H groups in total. The molecule has 0 saturated heterocycles. The first-order chi connectivity index (χ1) is 9.86. The number of aromatic nitrogens is 2. The lowest BCUT2D eigenvalue weighted by atomic mass is 10.2. The molecule has 0 spiro atoms. The van der Waals surface area contributed by atoms with Gasteiger partial charge >= 0.3 is 5.69 Å². The first-order valence-corrected chi connectivity index (χ1v) is 7.91. The van der Waals surface area contributed by atoms with Crippen LogP contribution >= 0.6 is 39.1 Å². The van der Waals surface area contributed by atoms with E-state index in [2.05, 4.69) is 20.9 Å². The van der Waals surface area contributed by atoms with Crippen molar-refractivity contribution in [3.05, 3.63) is 58.7 Å². The van der Waals surface area contributed by atoms with Crippen LogP contribution in [0.5, 0.6) is 0 Å². The third-order valence-corrected chi connectivity index (χ3v) is 4.48. The van der Waals surface area contributed by atoms with Gasteiger partial charge in [0, 0.05) is 9.50 Å². The maximum Gasteiger partial charge on any atom is 0.334 e. The van der Waals surface area contributed by atoms with E-state index in [1.54, 1.807) is 12.1 Å². The van der Waals surface area contributed by atoms with Gasteiger partial charge in [-0.15, -0.1) is 0 Å². The highest BCUT2D eigenvalue weighted by Crippen LogP contribution is 2.26. The summed E-state index contributed by atoms with van der Waals surface area (Å²) in [5.41, 5.74) is 0.615. The highest BCUT2D eigenvalue weighted by atomic mass is 79.9. The first kappa shape index (κ1) is 16.3. The molecule has 1 aromatic carbocycles. The largest absolute Gasteiger partial charge is 0.334 e. The maximum absolute atomic E-state index is 12.5. The zero-order valence-electron chi connectivity index (χ0n) is 11.5. The maximum atomic E-state index is 12.5. The fourth-order valence-corrected chi connectivity index (χ4v) is 3.09. The number of hydrogen-bond acceptors (Lipinski definition) is 2. The van der Waals surface area contributed by atoms with Crippen LogP contribution in [0.25, 0.3) is 5.69 Å². The smallest absolute Gasteiger partial charge is 0.297 e. The molecule has 21 heavy (non-hydrogen) atoms. The lowest BCUT2D eigenvalue weighted by Crippen LogP contribution is -2.36. The number of rotatable bonds is 3. The quantitative estimate of drug-likeness (QED) is 0.807. The molecular formula is C14H13BrCl2N2O2. The highest BCUT2D eigenvalue weighted by molar-refractivity contribution is 9.10. The average Bonchev–Trinajstić information content (AvgIpc) is 2.40. The molecule has 1 heterocycles. The Kier molecular flexibility index (Phi) is 4.96. The molecule has 2 aromatic rings. The molecule has 0 aliphatic heterocycles. The first-order valence-electron chi connectivity index (χ1n) is 6.36. The SMILES string of the molecule is CCCc1c(Cl)[nH]c(=O)n(-c2cc(Cl)c(C)cc2Br)c1=O. The zero-order valence-corrected chi connectivity index (χ0v) is 14.6. The second kappa shape index (κ2) is 6.38. The topological polar surface area (TPSA) is 54.9 Å². The van der Waals surface area contributed by atoms with Crippen LogP contribution in [0.1, 0.15) is 24.5 Å². The van der Waals surface area contributed by atoms with E-state index in [0.717, 1.165) is 16.6 Å². The van der Waals surface area contributed by atoms with Crippen molar-refractivity contribution in [1.82, 2.24) is 9.55 Å². The summed E-state index contributed by atoms with van der Waals surface area (Å²) in [6, 6.07) is 3.35. The Hall–Kier alpha value is -1.04. The van der Waals surface area contributed by atoms with E-state index in [4.69, 9.17) is 23.2 Å². The van der Waals surface area contributed by atoms with Crippen LogP contribution in [-0.4, -0.2) is 9.55 Å². The molecule has 0 saturated carbocycles. The van der Waals surface area contributed by atoms with Crippen LogP contribution in [-0.2, 0) is 6.42 Å². The molecule has 0 radical (unpaired) electrons. The van der Waals surface area contributed by atoms with Crippen LogP contribution in [0.3, 0.4) is 0 Å². The van der Waals surface area contributed by atoms with Gasteiger partial charge in [0.05, 0.1) is 11.3 Å². The Balaban J connectivity index is 2.82. The molecule has 112 valence electrons. The minimum absolute atomic E-state index is 0.0948. The average molecular weight is 392 g/mol. The molecular weight excluding hydrogens is 379 g/mol. The molecule has 0 amide bonds. The zero-order chi connectivity index (χ0) is 15.7. The summed E-state index contributed by atoms with van der Waals surface area (Å²) in [6.45, 7) is 3.78. The van der Waals surface area contributed by atoms with Gasteiger partial charge in [-0.25, -0.2) is 9.36 Å². The number of aromatic amines is 1. The molecule has 0 unspecified atom stereocenters. The van der Waals surface area contributed by atoms with Crippen molar-refractivity contribution in [3.63, 3.8) is 0 Å². The molecule has 2 rings (SSSR count).